The van der Waals surface area contributed by atoms with Gasteiger partial charge in [0.25, 0.3) is 0 Å². The van der Waals surface area contributed by atoms with Gasteiger partial charge in [-0.15, -0.1) is 0 Å². The fourth-order valence-corrected chi connectivity index (χ4v) is 1.25. The first kappa shape index (κ1) is 10.5. The van der Waals surface area contributed by atoms with Crippen molar-refractivity contribution in [1.29, 1.82) is 5.26 Å². The maximum atomic E-state index is 8.33. The molecular formula is C13H15N. The van der Waals surface area contributed by atoms with Gasteiger partial charge in [0.2, 0.25) is 0 Å². The number of hydrogen-bond donors (Lipinski definition) is 0. The molecular weight excluding hydrogens is 170 g/mol. The van der Waals surface area contributed by atoms with E-state index in [-0.39, 0.29) is 0 Å². The second-order valence-corrected chi connectivity index (χ2v) is 3.22. The average molecular weight is 185 g/mol. The Morgan fingerprint density at radius 2 is 1.93 bits per heavy atom. The van der Waals surface area contributed by atoms with Crippen LogP contribution in [0, 0.1) is 11.3 Å². The van der Waals surface area contributed by atoms with Gasteiger partial charge in [0.15, 0.2) is 0 Å². The molecule has 0 unspecified atom stereocenters. The third-order valence-corrected chi connectivity index (χ3v) is 2.02. The first-order valence-corrected chi connectivity index (χ1v) is 5.02. The van der Waals surface area contributed by atoms with Crippen LogP contribution in [0.15, 0.2) is 36.4 Å². The Balaban J connectivity index is 2.19. The smallest absolute Gasteiger partial charge is 0.0621 e. The monoisotopic (exact) mass is 185 g/mol. The van der Waals surface area contributed by atoms with Crippen molar-refractivity contribution < 1.29 is 0 Å². The summed E-state index contributed by atoms with van der Waals surface area (Å²) in [7, 11) is 0. The maximum Gasteiger partial charge on any atom is 0.0621 e. The van der Waals surface area contributed by atoms with Gasteiger partial charge in [0.05, 0.1) is 6.07 Å². The molecule has 0 heterocycles. The van der Waals surface area contributed by atoms with Crippen molar-refractivity contribution in [3.63, 3.8) is 0 Å². The van der Waals surface area contributed by atoms with E-state index in [1.54, 1.807) is 0 Å². The largest absolute Gasteiger partial charge is 0.198 e. The number of hydrogen-bond acceptors (Lipinski definition) is 1. The van der Waals surface area contributed by atoms with Crippen LogP contribution in [-0.2, 0) is 0 Å². The molecule has 0 fully saturated rings. The highest BCUT2D eigenvalue weighted by Crippen LogP contribution is 2.04. The normalized spacial score (nSPS) is 10.2. The van der Waals surface area contributed by atoms with Crippen LogP contribution < -0.4 is 0 Å². The molecule has 0 N–H and O–H groups in total. The van der Waals surface area contributed by atoms with Gasteiger partial charge < -0.3 is 0 Å². The fraction of sp³-hybridized carbons (Fsp3) is 0.308. The zero-order valence-electron chi connectivity index (χ0n) is 8.32. The molecule has 0 aliphatic rings. The minimum absolute atomic E-state index is 0.680. The molecule has 1 nitrogen and oxygen atoms in total. The zero-order valence-corrected chi connectivity index (χ0v) is 8.32. The Labute approximate surface area is 85.7 Å². The van der Waals surface area contributed by atoms with Gasteiger partial charge in [-0.1, -0.05) is 42.5 Å². The molecule has 0 aliphatic heterocycles. The minimum Gasteiger partial charge on any atom is -0.198 e. The van der Waals surface area contributed by atoms with E-state index >= 15 is 0 Å². The number of allylic oxidation sites excluding steroid dienone is 1. The summed E-state index contributed by atoms with van der Waals surface area (Å²) in [4.78, 5) is 0. The molecule has 0 saturated carbocycles. The lowest BCUT2D eigenvalue weighted by molar-refractivity contribution is 0.769. The summed E-state index contributed by atoms with van der Waals surface area (Å²) in [5.41, 5.74) is 1.24. The third kappa shape index (κ3) is 4.47. The molecule has 0 spiro atoms. The van der Waals surface area contributed by atoms with E-state index in [4.69, 9.17) is 5.26 Å². The van der Waals surface area contributed by atoms with Crippen LogP contribution in [-0.4, -0.2) is 0 Å². The molecule has 0 bridgehead atoms. The summed E-state index contributed by atoms with van der Waals surface area (Å²) in [5.74, 6) is 0. The van der Waals surface area contributed by atoms with Crippen LogP contribution in [0.25, 0.3) is 6.08 Å². The SMILES string of the molecule is N#CCCCC/C=C/c1ccccc1. The molecule has 72 valence electrons. The first-order valence-electron chi connectivity index (χ1n) is 5.02. The van der Waals surface area contributed by atoms with Gasteiger partial charge in [-0.2, -0.15) is 5.26 Å². The van der Waals surface area contributed by atoms with Crippen molar-refractivity contribution in [3.05, 3.63) is 42.0 Å². The topological polar surface area (TPSA) is 23.8 Å². The van der Waals surface area contributed by atoms with Crippen LogP contribution >= 0.6 is 0 Å². The molecule has 0 saturated heterocycles. The van der Waals surface area contributed by atoms with Crippen molar-refractivity contribution in [2.75, 3.05) is 0 Å². The van der Waals surface area contributed by atoms with Gasteiger partial charge in [0.1, 0.15) is 0 Å². The number of nitrogens with zero attached hydrogens (tertiary/aromatic N) is 1. The Kier molecular flexibility index (Phi) is 5.20. The Morgan fingerprint density at radius 3 is 2.64 bits per heavy atom. The Bertz CT molecular complexity index is 306. The highest BCUT2D eigenvalue weighted by Gasteiger charge is 1.85. The van der Waals surface area contributed by atoms with Gasteiger partial charge in [-0.3, -0.25) is 0 Å². The quantitative estimate of drug-likeness (QED) is 0.640. The molecule has 0 amide bonds. The third-order valence-electron chi connectivity index (χ3n) is 2.02. The second kappa shape index (κ2) is 6.91. The van der Waals surface area contributed by atoms with Crippen LogP contribution in [0.2, 0.25) is 0 Å². The zero-order chi connectivity index (χ0) is 10.1. The summed E-state index contributed by atoms with van der Waals surface area (Å²) >= 11 is 0. The first-order chi connectivity index (χ1) is 6.93. The number of benzene rings is 1. The van der Waals surface area contributed by atoms with Gasteiger partial charge in [-0.25, -0.2) is 0 Å². The van der Waals surface area contributed by atoms with E-state index in [1.165, 1.54) is 5.56 Å². The fourth-order valence-electron chi connectivity index (χ4n) is 1.25. The summed E-state index contributed by atoms with van der Waals surface area (Å²) in [6.07, 6.45) is 8.17. The molecule has 1 rings (SSSR count). The van der Waals surface area contributed by atoms with E-state index in [9.17, 15) is 0 Å². The number of unbranched alkanes of at least 4 members (excludes halogenated alkanes) is 3. The molecule has 1 aromatic rings. The van der Waals surface area contributed by atoms with Crippen molar-refractivity contribution in [2.24, 2.45) is 0 Å². The Hall–Kier alpha value is -1.55. The lowest BCUT2D eigenvalue weighted by Gasteiger charge is -1.92. The molecule has 0 aromatic heterocycles. The molecule has 0 aliphatic carbocycles. The van der Waals surface area contributed by atoms with Crippen molar-refractivity contribution in [2.45, 2.75) is 25.7 Å². The van der Waals surface area contributed by atoms with Crippen molar-refractivity contribution in [3.8, 4) is 6.07 Å². The molecule has 14 heavy (non-hydrogen) atoms. The average Bonchev–Trinajstić information content (AvgIpc) is 2.25. The van der Waals surface area contributed by atoms with E-state index in [0.717, 1.165) is 19.3 Å². The van der Waals surface area contributed by atoms with Crippen LogP contribution in [0.3, 0.4) is 0 Å². The summed E-state index contributed by atoms with van der Waals surface area (Å²) < 4.78 is 0. The van der Waals surface area contributed by atoms with Crippen LogP contribution in [0.1, 0.15) is 31.2 Å². The predicted octanol–water partition coefficient (Wildman–Crippen LogP) is 3.78. The standard InChI is InChI=1S/C13H15N/c14-12-8-3-1-2-5-9-13-10-6-4-7-11-13/h4-7,9-11H,1-3,8H2/b9-5+. The summed E-state index contributed by atoms with van der Waals surface area (Å²) in [6.45, 7) is 0. The van der Waals surface area contributed by atoms with Gasteiger partial charge in [0, 0.05) is 6.42 Å². The summed E-state index contributed by atoms with van der Waals surface area (Å²) in [6, 6.07) is 12.4. The number of rotatable bonds is 5. The van der Waals surface area contributed by atoms with E-state index in [1.807, 2.05) is 18.2 Å². The van der Waals surface area contributed by atoms with E-state index in [0.29, 0.717) is 6.42 Å². The minimum atomic E-state index is 0.680. The molecule has 0 radical (unpaired) electrons. The van der Waals surface area contributed by atoms with Crippen LogP contribution in [0.4, 0.5) is 0 Å². The van der Waals surface area contributed by atoms with Crippen molar-refractivity contribution >= 4 is 6.08 Å². The maximum absolute atomic E-state index is 8.33. The lowest BCUT2D eigenvalue weighted by Crippen LogP contribution is -1.73. The van der Waals surface area contributed by atoms with Crippen molar-refractivity contribution in [1.82, 2.24) is 0 Å². The van der Waals surface area contributed by atoms with E-state index in [2.05, 4.69) is 30.4 Å². The molecule has 0 atom stereocenters. The van der Waals surface area contributed by atoms with Gasteiger partial charge in [-0.05, 0) is 24.8 Å². The van der Waals surface area contributed by atoms with E-state index < -0.39 is 0 Å². The van der Waals surface area contributed by atoms with Gasteiger partial charge >= 0.3 is 0 Å². The van der Waals surface area contributed by atoms with Crippen LogP contribution in [0.5, 0.6) is 0 Å². The lowest BCUT2D eigenvalue weighted by atomic mass is 10.1. The number of nitriles is 1. The second-order valence-electron chi connectivity index (χ2n) is 3.22. The highest BCUT2D eigenvalue weighted by atomic mass is 14.2. The molecule has 1 heteroatoms. The Morgan fingerprint density at radius 1 is 1.14 bits per heavy atom. The predicted molar refractivity (Wildman–Crippen MR) is 59.6 cm³/mol. The molecule has 1 aromatic carbocycles. The highest BCUT2D eigenvalue weighted by molar-refractivity contribution is 5.48. The summed E-state index contributed by atoms with van der Waals surface area (Å²) in [5, 5.41) is 8.33.